The predicted octanol–water partition coefficient (Wildman–Crippen LogP) is -0.739. The van der Waals surface area contributed by atoms with Gasteiger partial charge in [0.1, 0.15) is 0 Å². The van der Waals surface area contributed by atoms with Gasteiger partial charge in [-0.3, -0.25) is 9.11 Å². The number of alkyl halides is 3. The molecule has 0 bridgehead atoms. The van der Waals surface area contributed by atoms with Gasteiger partial charge in [0.25, 0.3) is 10.1 Å². The molecule has 3 N–H and O–H groups in total. The molecular formula is C3H7F3O7S2. The summed E-state index contributed by atoms with van der Waals surface area (Å²) < 4.78 is 84.6. The van der Waals surface area contributed by atoms with Crippen LogP contribution in [0.25, 0.3) is 0 Å². The SMILES string of the molecule is O=S(=O)(O)C(F)(F)F.O=S(=O)(O)CCO. The van der Waals surface area contributed by atoms with E-state index in [0.717, 1.165) is 0 Å². The van der Waals surface area contributed by atoms with Crippen molar-refractivity contribution in [3.63, 3.8) is 0 Å². The summed E-state index contributed by atoms with van der Waals surface area (Å²) in [7, 11) is -9.76. The topological polar surface area (TPSA) is 129 Å². The molecular weight excluding hydrogens is 269 g/mol. The highest BCUT2D eigenvalue weighted by Gasteiger charge is 2.44. The van der Waals surface area contributed by atoms with Crippen LogP contribution >= 0.6 is 0 Å². The Morgan fingerprint density at radius 1 is 1.00 bits per heavy atom. The lowest BCUT2D eigenvalue weighted by atomic mass is 10.9. The summed E-state index contributed by atoms with van der Waals surface area (Å²) in [6.07, 6.45) is 0. The molecule has 0 aromatic heterocycles. The minimum atomic E-state index is -5.84. The normalized spacial score (nSPS) is 12.9. The number of aliphatic hydroxyl groups excluding tert-OH is 1. The van der Waals surface area contributed by atoms with Crippen LogP contribution in [0.4, 0.5) is 13.2 Å². The lowest BCUT2D eigenvalue weighted by Gasteiger charge is -1.97. The van der Waals surface area contributed by atoms with Gasteiger partial charge >= 0.3 is 15.6 Å². The van der Waals surface area contributed by atoms with E-state index >= 15 is 0 Å². The van der Waals surface area contributed by atoms with E-state index in [9.17, 15) is 21.6 Å². The van der Waals surface area contributed by atoms with E-state index in [0.29, 0.717) is 0 Å². The Morgan fingerprint density at radius 3 is 1.27 bits per heavy atom. The summed E-state index contributed by atoms with van der Waals surface area (Å²) in [4.78, 5) is 0. The smallest absolute Gasteiger partial charge is 0.395 e. The van der Waals surface area contributed by atoms with Crippen LogP contribution in [-0.4, -0.2) is 48.9 Å². The number of hydrogen-bond donors (Lipinski definition) is 3. The molecule has 7 nitrogen and oxygen atoms in total. The maximum atomic E-state index is 10.7. The quantitative estimate of drug-likeness (QED) is 0.447. The summed E-state index contributed by atoms with van der Waals surface area (Å²) in [5.41, 5.74) is -5.53. The monoisotopic (exact) mass is 276 g/mol. The van der Waals surface area contributed by atoms with Crippen molar-refractivity contribution < 1.29 is 44.2 Å². The molecule has 0 saturated heterocycles. The van der Waals surface area contributed by atoms with Gasteiger partial charge < -0.3 is 5.11 Å². The molecule has 94 valence electrons. The second-order valence-corrected chi connectivity index (χ2v) is 4.92. The highest BCUT2D eigenvalue weighted by atomic mass is 32.2. The fourth-order valence-electron chi connectivity index (χ4n) is 0.115. The Morgan fingerprint density at radius 2 is 1.27 bits per heavy atom. The first-order valence-electron chi connectivity index (χ1n) is 2.91. The van der Waals surface area contributed by atoms with E-state index in [1.807, 2.05) is 0 Å². The Balaban J connectivity index is 0. The van der Waals surface area contributed by atoms with Gasteiger partial charge in [0.05, 0.1) is 12.4 Å². The summed E-state index contributed by atoms with van der Waals surface area (Å²) in [5.74, 6) is -0.576. The second kappa shape index (κ2) is 5.60. The minimum Gasteiger partial charge on any atom is -0.395 e. The number of halogens is 3. The lowest BCUT2D eigenvalue weighted by Crippen LogP contribution is -2.21. The zero-order valence-corrected chi connectivity index (χ0v) is 8.47. The van der Waals surface area contributed by atoms with E-state index in [2.05, 4.69) is 0 Å². The van der Waals surface area contributed by atoms with Crippen LogP contribution in [0.2, 0.25) is 0 Å². The van der Waals surface area contributed by atoms with Gasteiger partial charge in [-0.1, -0.05) is 0 Å². The second-order valence-electron chi connectivity index (χ2n) is 1.93. The molecule has 0 unspecified atom stereocenters. The van der Waals surface area contributed by atoms with Crippen LogP contribution in [0.1, 0.15) is 0 Å². The fraction of sp³-hybridized carbons (Fsp3) is 1.00. The largest absolute Gasteiger partial charge is 0.522 e. The van der Waals surface area contributed by atoms with Crippen LogP contribution in [0.15, 0.2) is 0 Å². The van der Waals surface area contributed by atoms with Crippen LogP contribution in [0.3, 0.4) is 0 Å². The molecule has 0 atom stereocenters. The molecule has 0 aromatic carbocycles. The Bertz CT molecular complexity index is 365. The molecule has 0 fully saturated rings. The fourth-order valence-corrected chi connectivity index (χ4v) is 0.346. The van der Waals surface area contributed by atoms with E-state index in [1.54, 1.807) is 0 Å². The van der Waals surface area contributed by atoms with Crippen LogP contribution < -0.4 is 0 Å². The molecule has 12 heteroatoms. The van der Waals surface area contributed by atoms with Crippen molar-refractivity contribution in [2.45, 2.75) is 5.51 Å². The lowest BCUT2D eigenvalue weighted by molar-refractivity contribution is -0.0510. The zero-order valence-electron chi connectivity index (χ0n) is 6.84. The summed E-state index contributed by atoms with van der Waals surface area (Å²) in [5, 5.41) is 7.86. The number of hydrogen-bond acceptors (Lipinski definition) is 5. The first-order chi connectivity index (χ1) is 6.31. The average Bonchev–Trinajstić information content (AvgIpc) is 1.79. The summed E-state index contributed by atoms with van der Waals surface area (Å²) >= 11 is 0. The molecule has 0 rings (SSSR count). The standard InChI is InChI=1S/C2H6O4S.CHF3O3S/c3-1-2-7(4,5)6;2-1(3,4)8(5,6)7/h3H,1-2H2,(H,4,5,6);(H,5,6,7). The highest BCUT2D eigenvalue weighted by Crippen LogP contribution is 2.20. The average molecular weight is 276 g/mol. The maximum absolute atomic E-state index is 10.7. The van der Waals surface area contributed by atoms with Gasteiger partial charge in [0.15, 0.2) is 0 Å². The molecule has 0 aliphatic carbocycles. The third-order valence-electron chi connectivity index (χ3n) is 0.642. The van der Waals surface area contributed by atoms with Crippen molar-refractivity contribution in [2.75, 3.05) is 12.4 Å². The molecule has 0 heterocycles. The van der Waals surface area contributed by atoms with E-state index in [4.69, 9.17) is 22.6 Å². The van der Waals surface area contributed by atoms with Crippen molar-refractivity contribution in [1.82, 2.24) is 0 Å². The molecule has 0 radical (unpaired) electrons. The summed E-state index contributed by atoms with van der Waals surface area (Å²) in [6, 6.07) is 0. The van der Waals surface area contributed by atoms with Gasteiger partial charge in [0.2, 0.25) is 0 Å². The van der Waals surface area contributed by atoms with Crippen LogP contribution in [0, 0.1) is 0 Å². The zero-order chi connectivity index (χ0) is 12.9. The minimum absolute atomic E-state index is 0.529. The molecule has 15 heavy (non-hydrogen) atoms. The van der Waals surface area contributed by atoms with Gasteiger partial charge in [0, 0.05) is 0 Å². The van der Waals surface area contributed by atoms with Gasteiger partial charge in [-0.2, -0.15) is 30.0 Å². The van der Waals surface area contributed by atoms with Crippen molar-refractivity contribution in [3.05, 3.63) is 0 Å². The van der Waals surface area contributed by atoms with Crippen molar-refractivity contribution in [3.8, 4) is 0 Å². The van der Waals surface area contributed by atoms with Crippen molar-refractivity contribution in [1.29, 1.82) is 0 Å². The molecule has 0 aliphatic heterocycles. The first kappa shape index (κ1) is 17.0. The Kier molecular flexibility index (Phi) is 6.34. The van der Waals surface area contributed by atoms with Gasteiger partial charge in [-0.05, 0) is 0 Å². The third kappa shape index (κ3) is 11.5. The highest BCUT2D eigenvalue weighted by molar-refractivity contribution is 7.86. The number of aliphatic hydroxyl groups is 1. The van der Waals surface area contributed by atoms with Crippen molar-refractivity contribution in [2.24, 2.45) is 0 Å². The molecule has 0 amide bonds. The third-order valence-corrected chi connectivity index (χ3v) is 1.93. The molecule has 0 spiro atoms. The van der Waals surface area contributed by atoms with Gasteiger partial charge in [-0.25, -0.2) is 0 Å². The van der Waals surface area contributed by atoms with Crippen molar-refractivity contribution >= 4 is 20.2 Å². The summed E-state index contributed by atoms with van der Waals surface area (Å²) in [6.45, 7) is -0.529. The first-order valence-corrected chi connectivity index (χ1v) is 5.96. The van der Waals surface area contributed by atoms with Crippen LogP contribution in [-0.2, 0) is 20.2 Å². The van der Waals surface area contributed by atoms with Crippen LogP contribution in [0.5, 0.6) is 0 Å². The van der Waals surface area contributed by atoms with E-state index in [1.165, 1.54) is 0 Å². The van der Waals surface area contributed by atoms with Gasteiger partial charge in [-0.15, -0.1) is 0 Å². The molecule has 0 saturated carbocycles. The molecule has 0 aromatic rings. The Labute approximate surface area is 83.0 Å². The van der Waals surface area contributed by atoms with E-state index in [-0.39, 0.29) is 0 Å². The maximum Gasteiger partial charge on any atom is 0.522 e. The van der Waals surface area contributed by atoms with E-state index < -0.39 is 38.1 Å². The predicted molar refractivity (Wildman–Crippen MR) is 41.1 cm³/mol. The molecule has 0 aliphatic rings. The Hall–Kier alpha value is -0.430. The number of rotatable bonds is 2.